The lowest BCUT2D eigenvalue weighted by molar-refractivity contribution is 0.519. The molecular weight excluding hydrogens is 251 g/mol. The molecule has 1 heterocycles. The first-order chi connectivity index (χ1) is 9.04. The zero-order valence-electron chi connectivity index (χ0n) is 11.5. The van der Waals surface area contributed by atoms with Crippen molar-refractivity contribution in [1.82, 2.24) is 0 Å². The summed E-state index contributed by atoms with van der Waals surface area (Å²) in [5, 5.41) is 1.45. The summed E-state index contributed by atoms with van der Waals surface area (Å²) < 4.78 is 11.6. The second-order valence-corrected chi connectivity index (χ2v) is 11.0. The average molecular weight is 268 g/mol. The van der Waals surface area contributed by atoms with Crippen LogP contribution < -0.4 is 20.0 Å². The van der Waals surface area contributed by atoms with E-state index in [1.807, 2.05) is 24.3 Å². The van der Waals surface area contributed by atoms with Crippen molar-refractivity contribution in [2.45, 2.75) is 19.6 Å². The molecule has 2 nitrogen and oxygen atoms in total. The molecule has 0 aromatic heterocycles. The van der Waals surface area contributed by atoms with Crippen LogP contribution in [0.1, 0.15) is 0 Å². The fourth-order valence-electron chi connectivity index (χ4n) is 2.18. The van der Waals surface area contributed by atoms with E-state index in [0.29, 0.717) is 0 Å². The van der Waals surface area contributed by atoms with Crippen molar-refractivity contribution in [3.63, 3.8) is 0 Å². The van der Waals surface area contributed by atoms with Crippen molar-refractivity contribution in [1.29, 1.82) is 0 Å². The van der Waals surface area contributed by atoms with Crippen LogP contribution in [-0.4, -0.2) is 15.2 Å². The van der Waals surface area contributed by atoms with Gasteiger partial charge >= 0.3 is 7.12 Å². The van der Waals surface area contributed by atoms with E-state index in [4.69, 9.17) is 9.31 Å². The molecule has 0 N–H and O–H groups in total. The first-order valence-corrected chi connectivity index (χ1v) is 10.1. The van der Waals surface area contributed by atoms with E-state index in [1.165, 1.54) is 5.19 Å². The van der Waals surface area contributed by atoms with Crippen molar-refractivity contribution in [2.75, 3.05) is 0 Å². The Bertz CT molecular complexity index is 565. The van der Waals surface area contributed by atoms with Crippen LogP contribution in [0.5, 0.6) is 11.5 Å². The third-order valence-corrected chi connectivity index (χ3v) is 5.43. The van der Waals surface area contributed by atoms with Crippen LogP contribution in [0.2, 0.25) is 19.6 Å². The number of hydrogen-bond donors (Lipinski definition) is 0. The fraction of sp³-hybridized carbons (Fsp3) is 0.200. The predicted octanol–water partition coefficient (Wildman–Crippen LogP) is 2.40. The molecule has 3 rings (SSSR count). The highest BCUT2D eigenvalue weighted by Gasteiger charge is 2.33. The van der Waals surface area contributed by atoms with Crippen LogP contribution in [0.15, 0.2) is 48.5 Å². The van der Waals surface area contributed by atoms with Gasteiger partial charge in [-0.3, -0.25) is 0 Å². The Morgan fingerprint density at radius 1 is 0.789 bits per heavy atom. The van der Waals surface area contributed by atoms with Gasteiger partial charge in [-0.1, -0.05) is 61.2 Å². The molecule has 0 saturated heterocycles. The summed E-state index contributed by atoms with van der Waals surface area (Å²) in [5.41, 5.74) is 1.07. The summed E-state index contributed by atoms with van der Waals surface area (Å²) in [6, 6.07) is 16.4. The maximum atomic E-state index is 5.81. The summed E-state index contributed by atoms with van der Waals surface area (Å²) in [6.07, 6.45) is 0. The van der Waals surface area contributed by atoms with Gasteiger partial charge in [-0.25, -0.2) is 0 Å². The largest absolute Gasteiger partial charge is 0.632 e. The molecular formula is C15H17BO2Si. The number of rotatable bonds is 2. The highest BCUT2D eigenvalue weighted by molar-refractivity contribution is 6.88. The summed E-state index contributed by atoms with van der Waals surface area (Å²) in [5.74, 6) is 1.64. The van der Waals surface area contributed by atoms with Crippen LogP contribution in [0.3, 0.4) is 0 Å². The Kier molecular flexibility index (Phi) is 2.90. The first kappa shape index (κ1) is 12.4. The maximum absolute atomic E-state index is 5.81. The standard InChI is InChI=1S/C15H17BO2Si/c1-19(2,3)13-10-8-12(9-11-13)16-17-14-6-4-5-7-15(14)18-16/h4-11H,1-3H3. The summed E-state index contributed by atoms with van der Waals surface area (Å²) in [6.45, 7) is 7.04. The molecule has 0 bridgehead atoms. The molecule has 0 amide bonds. The third-order valence-electron chi connectivity index (χ3n) is 3.37. The van der Waals surface area contributed by atoms with E-state index >= 15 is 0 Å². The molecule has 1 aliphatic rings. The zero-order chi connectivity index (χ0) is 13.5. The third kappa shape index (κ3) is 2.40. The highest BCUT2D eigenvalue weighted by atomic mass is 28.3. The lowest BCUT2D eigenvalue weighted by Gasteiger charge is -2.16. The normalized spacial score (nSPS) is 13.7. The highest BCUT2D eigenvalue weighted by Crippen LogP contribution is 2.32. The Labute approximate surface area is 115 Å². The average Bonchev–Trinajstić information content (AvgIpc) is 2.81. The molecule has 0 unspecified atom stereocenters. The Hall–Kier alpha value is -1.68. The minimum absolute atomic E-state index is 0.312. The smallest absolute Gasteiger partial charge is 0.519 e. The van der Waals surface area contributed by atoms with Crippen molar-refractivity contribution in [3.8, 4) is 11.5 Å². The molecule has 0 radical (unpaired) electrons. The summed E-state index contributed by atoms with van der Waals surface area (Å²) >= 11 is 0. The van der Waals surface area contributed by atoms with Crippen LogP contribution in [0, 0.1) is 0 Å². The van der Waals surface area contributed by atoms with Gasteiger partial charge in [-0.05, 0) is 12.1 Å². The van der Waals surface area contributed by atoms with E-state index in [0.717, 1.165) is 17.0 Å². The van der Waals surface area contributed by atoms with E-state index in [2.05, 4.69) is 43.9 Å². The number of hydrogen-bond acceptors (Lipinski definition) is 2. The number of fused-ring (bicyclic) bond motifs is 1. The van der Waals surface area contributed by atoms with Gasteiger partial charge in [0.1, 0.15) is 11.5 Å². The van der Waals surface area contributed by atoms with Gasteiger partial charge in [0.05, 0.1) is 8.07 Å². The minimum Gasteiger partial charge on any atom is -0.519 e. The van der Waals surface area contributed by atoms with E-state index in [1.54, 1.807) is 0 Å². The van der Waals surface area contributed by atoms with E-state index in [9.17, 15) is 0 Å². The lowest BCUT2D eigenvalue weighted by atomic mass is 9.79. The minimum atomic E-state index is -1.24. The van der Waals surface area contributed by atoms with E-state index < -0.39 is 8.07 Å². The topological polar surface area (TPSA) is 18.5 Å². The van der Waals surface area contributed by atoms with Crippen LogP contribution in [0.25, 0.3) is 0 Å². The molecule has 96 valence electrons. The molecule has 0 fully saturated rings. The number of benzene rings is 2. The van der Waals surface area contributed by atoms with Crippen molar-refractivity contribution in [3.05, 3.63) is 48.5 Å². The van der Waals surface area contributed by atoms with Gasteiger partial charge < -0.3 is 9.31 Å². The molecule has 0 spiro atoms. The van der Waals surface area contributed by atoms with Crippen molar-refractivity contribution < 1.29 is 9.31 Å². The van der Waals surface area contributed by atoms with Gasteiger partial charge in [0, 0.05) is 5.46 Å². The van der Waals surface area contributed by atoms with Crippen molar-refractivity contribution >= 4 is 25.8 Å². The second-order valence-electron chi connectivity index (χ2n) is 5.89. The molecule has 4 heteroatoms. The Morgan fingerprint density at radius 3 is 1.79 bits per heavy atom. The molecule has 0 aliphatic carbocycles. The number of para-hydroxylation sites is 2. The van der Waals surface area contributed by atoms with Gasteiger partial charge in [-0.15, -0.1) is 0 Å². The molecule has 2 aromatic rings. The second kappa shape index (κ2) is 4.46. The van der Waals surface area contributed by atoms with Crippen LogP contribution in [0.4, 0.5) is 0 Å². The molecule has 0 atom stereocenters. The Balaban J connectivity index is 1.82. The van der Waals surface area contributed by atoms with Crippen molar-refractivity contribution in [2.24, 2.45) is 0 Å². The summed E-state index contributed by atoms with van der Waals surface area (Å²) in [4.78, 5) is 0. The first-order valence-electron chi connectivity index (χ1n) is 6.57. The van der Waals surface area contributed by atoms with Gasteiger partial charge in [0.2, 0.25) is 0 Å². The molecule has 19 heavy (non-hydrogen) atoms. The van der Waals surface area contributed by atoms with Gasteiger partial charge in [0.25, 0.3) is 0 Å². The van der Waals surface area contributed by atoms with Crippen LogP contribution in [-0.2, 0) is 0 Å². The fourth-order valence-corrected chi connectivity index (χ4v) is 3.34. The molecule has 1 aliphatic heterocycles. The van der Waals surface area contributed by atoms with E-state index in [-0.39, 0.29) is 7.12 Å². The molecule has 2 aromatic carbocycles. The maximum Gasteiger partial charge on any atom is 0.632 e. The SMILES string of the molecule is C[Si](C)(C)c1ccc(B2Oc3ccccc3O2)cc1. The monoisotopic (exact) mass is 268 g/mol. The summed E-state index contributed by atoms with van der Waals surface area (Å²) in [7, 11) is -1.55. The van der Waals surface area contributed by atoms with Gasteiger partial charge in [0.15, 0.2) is 0 Å². The van der Waals surface area contributed by atoms with Crippen LogP contribution >= 0.6 is 0 Å². The predicted molar refractivity (Wildman–Crippen MR) is 82.5 cm³/mol. The zero-order valence-corrected chi connectivity index (χ0v) is 12.5. The Morgan fingerprint density at radius 2 is 1.32 bits per heavy atom. The molecule has 0 saturated carbocycles. The quantitative estimate of drug-likeness (QED) is 0.779. The van der Waals surface area contributed by atoms with Gasteiger partial charge in [-0.2, -0.15) is 0 Å². The lowest BCUT2D eigenvalue weighted by Crippen LogP contribution is -2.42.